The van der Waals surface area contributed by atoms with Crippen molar-refractivity contribution in [3.05, 3.63) is 41.6 Å². The number of hydrogen-bond acceptors (Lipinski definition) is 2. The number of aliphatic hydroxyl groups excluding tert-OH is 1. The molecule has 3 heteroatoms. The van der Waals surface area contributed by atoms with Gasteiger partial charge in [0, 0.05) is 11.1 Å². The Kier molecular flexibility index (Phi) is 1.16. The minimum Gasteiger partial charge on any atom is -0.383 e. The lowest BCUT2D eigenvalue weighted by molar-refractivity contribution is 0.225. The molecule has 3 rings (SSSR count). The molecule has 1 aromatic carbocycles. The van der Waals surface area contributed by atoms with Crippen molar-refractivity contribution in [1.82, 2.24) is 10.2 Å². The van der Waals surface area contributed by atoms with Gasteiger partial charge in [-0.3, -0.25) is 5.10 Å². The van der Waals surface area contributed by atoms with E-state index in [9.17, 15) is 5.11 Å². The van der Waals surface area contributed by atoms with Crippen LogP contribution in [0.3, 0.4) is 0 Å². The number of rotatable bonds is 0. The molecular weight excluding hydrogens is 164 g/mol. The van der Waals surface area contributed by atoms with E-state index in [-0.39, 0.29) is 0 Å². The lowest BCUT2D eigenvalue weighted by Crippen LogP contribution is -1.92. The van der Waals surface area contributed by atoms with Crippen LogP contribution in [0, 0.1) is 0 Å². The summed E-state index contributed by atoms with van der Waals surface area (Å²) in [7, 11) is 0. The van der Waals surface area contributed by atoms with Crippen molar-refractivity contribution >= 4 is 0 Å². The molecule has 0 saturated carbocycles. The van der Waals surface area contributed by atoms with Crippen LogP contribution in [0.15, 0.2) is 30.5 Å². The number of hydrogen-bond donors (Lipinski definition) is 2. The molecule has 0 spiro atoms. The molecule has 0 aliphatic heterocycles. The van der Waals surface area contributed by atoms with Gasteiger partial charge in [0.25, 0.3) is 0 Å². The van der Waals surface area contributed by atoms with Crippen molar-refractivity contribution < 1.29 is 5.11 Å². The van der Waals surface area contributed by atoms with Crippen molar-refractivity contribution in [3.63, 3.8) is 0 Å². The maximum absolute atomic E-state index is 9.86. The minimum atomic E-state index is -0.509. The maximum atomic E-state index is 9.86. The number of H-pyrrole nitrogens is 1. The highest BCUT2D eigenvalue weighted by Crippen LogP contribution is 2.41. The van der Waals surface area contributed by atoms with Gasteiger partial charge in [-0.2, -0.15) is 5.10 Å². The summed E-state index contributed by atoms with van der Waals surface area (Å²) in [4.78, 5) is 0. The first-order chi connectivity index (χ1) is 6.38. The van der Waals surface area contributed by atoms with Gasteiger partial charge in [0.2, 0.25) is 0 Å². The van der Waals surface area contributed by atoms with E-state index < -0.39 is 6.10 Å². The Morgan fingerprint density at radius 2 is 2.08 bits per heavy atom. The number of nitrogens with zero attached hydrogens (tertiary/aromatic N) is 1. The zero-order chi connectivity index (χ0) is 8.84. The first-order valence-electron chi connectivity index (χ1n) is 4.18. The van der Waals surface area contributed by atoms with Crippen LogP contribution >= 0.6 is 0 Å². The number of nitrogens with one attached hydrogen (secondary N) is 1. The molecule has 1 aromatic heterocycles. The summed E-state index contributed by atoms with van der Waals surface area (Å²) < 4.78 is 0. The van der Waals surface area contributed by atoms with Gasteiger partial charge in [-0.05, 0) is 5.56 Å². The fraction of sp³-hybridized carbons (Fsp3) is 0.100. The smallest absolute Gasteiger partial charge is 0.108 e. The van der Waals surface area contributed by atoms with Crippen LogP contribution in [0.5, 0.6) is 0 Å². The maximum Gasteiger partial charge on any atom is 0.108 e. The van der Waals surface area contributed by atoms with Crippen molar-refractivity contribution in [1.29, 1.82) is 0 Å². The summed E-state index contributed by atoms with van der Waals surface area (Å²) >= 11 is 0. The summed E-state index contributed by atoms with van der Waals surface area (Å²) in [5.41, 5.74) is 3.85. The molecule has 64 valence electrons. The summed E-state index contributed by atoms with van der Waals surface area (Å²) in [6.07, 6.45) is 1.17. The lowest BCUT2D eigenvalue weighted by atomic mass is 10.1. The largest absolute Gasteiger partial charge is 0.383 e. The second-order valence-electron chi connectivity index (χ2n) is 3.19. The highest BCUT2D eigenvalue weighted by Gasteiger charge is 2.27. The predicted molar refractivity (Wildman–Crippen MR) is 48.1 cm³/mol. The van der Waals surface area contributed by atoms with Crippen LogP contribution in [0.2, 0.25) is 0 Å². The Morgan fingerprint density at radius 1 is 1.23 bits per heavy atom. The lowest BCUT2D eigenvalue weighted by Gasteiger charge is -2.02. The van der Waals surface area contributed by atoms with Gasteiger partial charge >= 0.3 is 0 Å². The van der Waals surface area contributed by atoms with Crippen LogP contribution in [0.1, 0.15) is 17.2 Å². The van der Waals surface area contributed by atoms with Crippen molar-refractivity contribution in [3.8, 4) is 11.3 Å². The Balaban J connectivity index is 2.37. The van der Waals surface area contributed by atoms with Gasteiger partial charge < -0.3 is 5.11 Å². The number of fused-ring (bicyclic) bond motifs is 3. The number of aromatic nitrogens is 2. The Morgan fingerprint density at radius 3 is 3.00 bits per heavy atom. The minimum absolute atomic E-state index is 0.509. The zero-order valence-corrected chi connectivity index (χ0v) is 6.86. The van der Waals surface area contributed by atoms with E-state index in [1.54, 1.807) is 6.20 Å². The summed E-state index contributed by atoms with van der Waals surface area (Å²) in [5.74, 6) is 0. The Labute approximate surface area is 75.0 Å². The average Bonchev–Trinajstić information content (AvgIpc) is 2.72. The fourth-order valence-corrected chi connectivity index (χ4v) is 1.85. The van der Waals surface area contributed by atoms with Gasteiger partial charge in [-0.25, -0.2) is 0 Å². The molecule has 1 atom stereocenters. The van der Waals surface area contributed by atoms with E-state index >= 15 is 0 Å². The SMILES string of the molecule is OC1c2ccccc2-c2[nH]ncc21. The second-order valence-corrected chi connectivity index (χ2v) is 3.19. The first kappa shape index (κ1) is 6.86. The summed E-state index contributed by atoms with van der Waals surface area (Å²) in [6.45, 7) is 0. The molecule has 1 heterocycles. The Bertz CT molecular complexity index is 461. The van der Waals surface area contributed by atoms with E-state index in [1.807, 2.05) is 24.3 Å². The molecule has 13 heavy (non-hydrogen) atoms. The van der Waals surface area contributed by atoms with E-state index in [0.29, 0.717) is 0 Å². The van der Waals surface area contributed by atoms with E-state index in [2.05, 4.69) is 10.2 Å². The molecule has 0 radical (unpaired) electrons. The molecule has 0 fully saturated rings. The van der Waals surface area contributed by atoms with Crippen LogP contribution in [0.25, 0.3) is 11.3 Å². The van der Waals surface area contributed by atoms with Crippen LogP contribution < -0.4 is 0 Å². The van der Waals surface area contributed by atoms with E-state index in [4.69, 9.17) is 0 Å². The van der Waals surface area contributed by atoms with Gasteiger partial charge in [0.05, 0.1) is 11.9 Å². The van der Waals surface area contributed by atoms with Gasteiger partial charge in [-0.1, -0.05) is 24.3 Å². The van der Waals surface area contributed by atoms with E-state index in [0.717, 1.165) is 22.4 Å². The molecule has 0 bridgehead atoms. The Hall–Kier alpha value is -1.61. The fourth-order valence-electron chi connectivity index (χ4n) is 1.85. The third kappa shape index (κ3) is 0.742. The molecule has 0 amide bonds. The number of aliphatic hydroxyl groups is 1. The molecule has 0 saturated heterocycles. The standard InChI is InChI=1S/C10H8N2O/c13-10-7-4-2-1-3-6(7)9-8(10)5-11-12-9/h1-5,10,13H,(H,11,12). The number of benzene rings is 1. The van der Waals surface area contributed by atoms with Gasteiger partial charge in [0.15, 0.2) is 0 Å². The van der Waals surface area contributed by atoms with Crippen LogP contribution in [-0.2, 0) is 0 Å². The van der Waals surface area contributed by atoms with Crippen molar-refractivity contribution in [2.45, 2.75) is 6.10 Å². The molecule has 1 aliphatic carbocycles. The summed E-state index contributed by atoms with van der Waals surface area (Å²) in [6, 6.07) is 7.82. The van der Waals surface area contributed by atoms with Crippen LogP contribution in [-0.4, -0.2) is 15.3 Å². The van der Waals surface area contributed by atoms with Gasteiger partial charge in [-0.15, -0.1) is 0 Å². The van der Waals surface area contributed by atoms with Crippen LogP contribution in [0.4, 0.5) is 0 Å². The van der Waals surface area contributed by atoms with Crippen molar-refractivity contribution in [2.24, 2.45) is 0 Å². The highest BCUT2D eigenvalue weighted by molar-refractivity contribution is 5.74. The first-order valence-corrected chi connectivity index (χ1v) is 4.18. The predicted octanol–water partition coefficient (Wildman–Crippen LogP) is 1.47. The summed E-state index contributed by atoms with van der Waals surface area (Å²) in [5, 5.41) is 16.7. The quantitative estimate of drug-likeness (QED) is 0.632. The highest BCUT2D eigenvalue weighted by atomic mass is 16.3. The molecule has 3 nitrogen and oxygen atoms in total. The van der Waals surface area contributed by atoms with Crippen molar-refractivity contribution in [2.75, 3.05) is 0 Å². The van der Waals surface area contributed by atoms with E-state index in [1.165, 1.54) is 0 Å². The monoisotopic (exact) mass is 172 g/mol. The topological polar surface area (TPSA) is 48.9 Å². The van der Waals surface area contributed by atoms with Gasteiger partial charge in [0.1, 0.15) is 6.10 Å². The molecular formula is C10H8N2O. The molecule has 1 aliphatic rings. The zero-order valence-electron chi connectivity index (χ0n) is 6.86. The number of aromatic amines is 1. The third-order valence-corrected chi connectivity index (χ3v) is 2.49. The second kappa shape index (κ2) is 2.20. The third-order valence-electron chi connectivity index (χ3n) is 2.49. The molecule has 2 aromatic rings. The molecule has 2 N–H and O–H groups in total. The average molecular weight is 172 g/mol. The normalized spacial score (nSPS) is 18.4. The molecule has 1 unspecified atom stereocenters.